The van der Waals surface area contributed by atoms with Gasteiger partial charge >= 0.3 is 0 Å². The maximum absolute atomic E-state index is 6.18. The second-order valence-corrected chi connectivity index (χ2v) is 3.90. The topological polar surface area (TPSA) is 12.9 Å². The number of hydrogen-bond donors (Lipinski definition) is 0. The quantitative estimate of drug-likeness (QED) is 0.607. The Bertz CT molecular complexity index is 247. The number of hydrogen-bond acceptors (Lipinski definition) is 1. The fraction of sp³-hybridized carbons (Fsp3) is 0.500. The van der Waals surface area contributed by atoms with Crippen LogP contribution >= 0.6 is 11.6 Å². The molecule has 0 N–H and O–H groups in total. The van der Waals surface area contributed by atoms with E-state index in [2.05, 4.69) is 11.1 Å². The number of halogens is 1. The van der Waals surface area contributed by atoms with Gasteiger partial charge in [-0.2, -0.15) is 0 Å². The smallest absolute Gasteiger partial charge is 0.0405 e. The van der Waals surface area contributed by atoms with Crippen LogP contribution in [0.25, 0.3) is 0 Å². The van der Waals surface area contributed by atoms with Crippen LogP contribution in [0.1, 0.15) is 30.7 Å². The lowest BCUT2D eigenvalue weighted by atomic mass is 9.99. The first-order valence-corrected chi connectivity index (χ1v) is 4.85. The second kappa shape index (κ2) is 3.44. The molecule has 2 heteroatoms. The summed E-state index contributed by atoms with van der Waals surface area (Å²) in [5.41, 5.74) is 1.30. The first-order chi connectivity index (χ1) is 5.88. The minimum absolute atomic E-state index is 0.328. The van der Waals surface area contributed by atoms with Crippen molar-refractivity contribution in [1.29, 1.82) is 0 Å². The van der Waals surface area contributed by atoms with E-state index >= 15 is 0 Å². The van der Waals surface area contributed by atoms with Crippen LogP contribution in [-0.2, 0) is 0 Å². The minimum atomic E-state index is 0.328. The van der Waals surface area contributed by atoms with Crippen molar-refractivity contribution < 1.29 is 0 Å². The Balaban J connectivity index is 2.19. The van der Waals surface area contributed by atoms with E-state index in [0.29, 0.717) is 11.3 Å². The predicted molar refractivity (Wildman–Crippen MR) is 50.5 cm³/mol. The summed E-state index contributed by atoms with van der Waals surface area (Å²) in [6.45, 7) is 0. The summed E-state index contributed by atoms with van der Waals surface area (Å²) >= 11 is 6.18. The highest BCUT2D eigenvalue weighted by molar-refractivity contribution is 6.21. The molecule has 0 aromatic carbocycles. The molecular weight excluding hydrogens is 170 g/mol. The van der Waals surface area contributed by atoms with Crippen LogP contribution in [0.2, 0.25) is 0 Å². The molecule has 1 aliphatic rings. The Morgan fingerprint density at radius 1 is 1.42 bits per heavy atom. The van der Waals surface area contributed by atoms with Crippen molar-refractivity contribution in [3.05, 3.63) is 30.1 Å². The highest BCUT2D eigenvalue weighted by atomic mass is 35.5. The van der Waals surface area contributed by atoms with Gasteiger partial charge in [-0.05, 0) is 24.5 Å². The van der Waals surface area contributed by atoms with Crippen LogP contribution in [0.3, 0.4) is 0 Å². The van der Waals surface area contributed by atoms with E-state index in [1.165, 1.54) is 18.4 Å². The molecule has 0 radical (unpaired) electrons. The lowest BCUT2D eigenvalue weighted by Crippen LogP contribution is -2.04. The van der Waals surface area contributed by atoms with Gasteiger partial charge in [0, 0.05) is 23.7 Å². The van der Waals surface area contributed by atoms with Gasteiger partial charge in [0.25, 0.3) is 0 Å². The van der Waals surface area contributed by atoms with E-state index in [9.17, 15) is 0 Å². The number of alkyl halides is 1. The second-order valence-electron chi connectivity index (χ2n) is 3.34. The summed E-state index contributed by atoms with van der Waals surface area (Å²) in [4.78, 5) is 4.11. The zero-order valence-corrected chi connectivity index (χ0v) is 7.67. The number of nitrogens with zero attached hydrogens (tertiary/aromatic N) is 1. The fourth-order valence-corrected chi connectivity index (χ4v) is 2.31. The SMILES string of the molecule is ClC1CCCC1c1cccnc1. The third kappa shape index (κ3) is 1.46. The molecule has 1 aromatic heterocycles. The molecule has 0 aliphatic heterocycles. The average Bonchev–Trinajstić information content (AvgIpc) is 2.53. The maximum Gasteiger partial charge on any atom is 0.0405 e. The van der Waals surface area contributed by atoms with Crippen LogP contribution in [0, 0.1) is 0 Å². The molecule has 1 fully saturated rings. The van der Waals surface area contributed by atoms with Crippen molar-refractivity contribution in [2.45, 2.75) is 30.6 Å². The largest absolute Gasteiger partial charge is 0.264 e. The Morgan fingerprint density at radius 2 is 2.33 bits per heavy atom. The fourth-order valence-electron chi connectivity index (χ4n) is 1.89. The summed E-state index contributed by atoms with van der Waals surface area (Å²) in [7, 11) is 0. The molecule has 0 bridgehead atoms. The molecule has 1 saturated carbocycles. The van der Waals surface area contributed by atoms with Gasteiger partial charge in [-0.3, -0.25) is 4.98 Å². The Hall–Kier alpha value is -0.560. The molecule has 2 unspecified atom stereocenters. The monoisotopic (exact) mass is 181 g/mol. The Kier molecular flexibility index (Phi) is 2.31. The third-order valence-corrected chi connectivity index (χ3v) is 3.07. The standard InChI is InChI=1S/C10H12ClN/c11-10-5-1-4-9(10)8-3-2-6-12-7-8/h2-3,6-7,9-10H,1,4-5H2. The normalized spacial score (nSPS) is 29.1. The zero-order chi connectivity index (χ0) is 8.39. The lowest BCUT2D eigenvalue weighted by Gasteiger charge is -2.12. The summed E-state index contributed by atoms with van der Waals surface area (Å²) in [5.74, 6) is 0.542. The first kappa shape index (κ1) is 8.06. The van der Waals surface area contributed by atoms with Crippen molar-refractivity contribution in [3.63, 3.8) is 0 Å². The zero-order valence-electron chi connectivity index (χ0n) is 6.91. The molecule has 0 spiro atoms. The van der Waals surface area contributed by atoms with Gasteiger partial charge in [0.05, 0.1) is 0 Å². The van der Waals surface area contributed by atoms with Crippen molar-refractivity contribution in [2.24, 2.45) is 0 Å². The van der Waals surface area contributed by atoms with Crippen molar-refractivity contribution >= 4 is 11.6 Å². The molecule has 2 atom stereocenters. The molecule has 12 heavy (non-hydrogen) atoms. The molecule has 1 heterocycles. The van der Waals surface area contributed by atoms with Gasteiger partial charge in [0.1, 0.15) is 0 Å². The molecule has 1 aromatic rings. The predicted octanol–water partition coefficient (Wildman–Crippen LogP) is 2.96. The summed E-state index contributed by atoms with van der Waals surface area (Å²) in [6.07, 6.45) is 7.38. The van der Waals surface area contributed by atoms with E-state index < -0.39 is 0 Å². The van der Waals surface area contributed by atoms with Gasteiger partial charge in [-0.15, -0.1) is 11.6 Å². The molecule has 1 aliphatic carbocycles. The molecule has 1 nitrogen and oxygen atoms in total. The van der Waals surface area contributed by atoms with Crippen LogP contribution < -0.4 is 0 Å². The Labute approximate surface area is 77.8 Å². The number of aromatic nitrogens is 1. The maximum atomic E-state index is 6.18. The van der Waals surface area contributed by atoms with Gasteiger partial charge in [0.2, 0.25) is 0 Å². The van der Waals surface area contributed by atoms with E-state index in [1.54, 1.807) is 0 Å². The number of rotatable bonds is 1. The van der Waals surface area contributed by atoms with E-state index in [-0.39, 0.29) is 0 Å². The Morgan fingerprint density at radius 3 is 2.92 bits per heavy atom. The van der Waals surface area contributed by atoms with Crippen LogP contribution in [0.15, 0.2) is 24.5 Å². The van der Waals surface area contributed by atoms with E-state index in [4.69, 9.17) is 11.6 Å². The first-order valence-electron chi connectivity index (χ1n) is 4.42. The molecule has 0 amide bonds. The van der Waals surface area contributed by atoms with Gasteiger partial charge < -0.3 is 0 Å². The van der Waals surface area contributed by atoms with E-state index in [0.717, 1.165) is 6.42 Å². The molecule has 64 valence electrons. The number of pyridine rings is 1. The average molecular weight is 182 g/mol. The highest BCUT2D eigenvalue weighted by Gasteiger charge is 2.26. The summed E-state index contributed by atoms with van der Waals surface area (Å²) < 4.78 is 0. The van der Waals surface area contributed by atoms with Gasteiger partial charge in [-0.1, -0.05) is 12.5 Å². The molecule has 2 rings (SSSR count). The minimum Gasteiger partial charge on any atom is -0.264 e. The van der Waals surface area contributed by atoms with Crippen molar-refractivity contribution in [3.8, 4) is 0 Å². The van der Waals surface area contributed by atoms with Crippen LogP contribution in [0.5, 0.6) is 0 Å². The van der Waals surface area contributed by atoms with Gasteiger partial charge in [-0.25, -0.2) is 0 Å². The van der Waals surface area contributed by atoms with Gasteiger partial charge in [0.15, 0.2) is 0 Å². The van der Waals surface area contributed by atoms with Crippen molar-refractivity contribution in [2.75, 3.05) is 0 Å². The van der Waals surface area contributed by atoms with Crippen LogP contribution in [-0.4, -0.2) is 10.4 Å². The molecule has 0 saturated heterocycles. The summed E-state index contributed by atoms with van der Waals surface area (Å²) in [5, 5.41) is 0.328. The molecular formula is C10H12ClN. The lowest BCUT2D eigenvalue weighted by molar-refractivity contribution is 0.726. The highest BCUT2D eigenvalue weighted by Crippen LogP contribution is 2.37. The van der Waals surface area contributed by atoms with Crippen LogP contribution in [0.4, 0.5) is 0 Å². The third-order valence-electron chi connectivity index (χ3n) is 2.54. The van der Waals surface area contributed by atoms with E-state index in [1.807, 2.05) is 18.5 Å². The van der Waals surface area contributed by atoms with Crippen molar-refractivity contribution in [1.82, 2.24) is 4.98 Å². The summed E-state index contributed by atoms with van der Waals surface area (Å²) in [6, 6.07) is 4.11.